The average Bonchev–Trinajstić information content (AvgIpc) is 2.29. The monoisotopic (exact) mass is 242 g/mol. The van der Waals surface area contributed by atoms with Crippen molar-refractivity contribution in [2.75, 3.05) is 25.3 Å². The predicted octanol–water partition coefficient (Wildman–Crippen LogP) is 1.54. The van der Waals surface area contributed by atoms with E-state index in [2.05, 4.69) is 4.47 Å². The lowest BCUT2D eigenvalue weighted by Crippen LogP contribution is -2.16. The molecule has 0 aromatic heterocycles. The van der Waals surface area contributed by atoms with Gasteiger partial charge in [-0.15, -0.1) is 4.47 Å². The van der Waals surface area contributed by atoms with Gasteiger partial charge >= 0.3 is 0 Å². The van der Waals surface area contributed by atoms with E-state index in [-0.39, 0.29) is 0 Å². The number of hydrogen-bond acceptors (Lipinski definition) is 4. The number of fused-ring (bicyclic) bond motifs is 1. The smallest absolute Gasteiger partial charge is 0.163 e. The van der Waals surface area contributed by atoms with E-state index in [1.54, 1.807) is 5.01 Å². The van der Waals surface area contributed by atoms with Crippen LogP contribution in [-0.2, 0) is 21.3 Å². The molecule has 0 atom stereocenters. The summed E-state index contributed by atoms with van der Waals surface area (Å²) >= 11 is 4.70. The highest BCUT2D eigenvalue weighted by molar-refractivity contribution is 8.12. The van der Waals surface area contributed by atoms with Crippen molar-refractivity contribution in [3.05, 3.63) is 18.2 Å². The van der Waals surface area contributed by atoms with E-state index in [0.29, 0.717) is 13.2 Å². The SMILES string of the molecule is CN(N=S=S)c1ccc2c(c1)OCCO2. The van der Waals surface area contributed by atoms with Crippen molar-refractivity contribution in [2.45, 2.75) is 0 Å². The summed E-state index contributed by atoms with van der Waals surface area (Å²) in [6, 6.07) is 5.69. The second-order valence-corrected chi connectivity index (χ2v) is 3.77. The van der Waals surface area contributed by atoms with Gasteiger partial charge in [0.05, 0.1) is 15.8 Å². The molecule has 1 aliphatic rings. The normalized spacial score (nSPS) is 13.1. The lowest BCUT2D eigenvalue weighted by atomic mass is 10.2. The molecule has 6 heteroatoms. The third-order valence-electron chi connectivity index (χ3n) is 2.06. The van der Waals surface area contributed by atoms with Gasteiger partial charge in [-0.05, 0) is 12.1 Å². The summed E-state index contributed by atoms with van der Waals surface area (Å²) in [5.74, 6) is 1.54. The minimum absolute atomic E-state index is 0.590. The van der Waals surface area contributed by atoms with Crippen molar-refractivity contribution < 1.29 is 9.47 Å². The highest BCUT2D eigenvalue weighted by Gasteiger charge is 2.12. The number of benzene rings is 1. The van der Waals surface area contributed by atoms with Gasteiger partial charge in [0.15, 0.2) is 11.5 Å². The Balaban J connectivity index is 2.31. The van der Waals surface area contributed by atoms with Gasteiger partial charge in [0, 0.05) is 24.3 Å². The van der Waals surface area contributed by atoms with Crippen LogP contribution in [0.4, 0.5) is 5.69 Å². The summed E-state index contributed by atoms with van der Waals surface area (Å²) in [6.45, 7) is 1.20. The molecule has 0 saturated heterocycles. The second kappa shape index (κ2) is 4.59. The van der Waals surface area contributed by atoms with Crippen molar-refractivity contribution >= 4 is 27.0 Å². The van der Waals surface area contributed by atoms with Crippen LogP contribution in [-0.4, -0.2) is 20.3 Å². The molecule has 2 rings (SSSR count). The Labute approximate surface area is 96.1 Å². The predicted molar refractivity (Wildman–Crippen MR) is 63.0 cm³/mol. The molecule has 1 aromatic rings. The number of hydrogen-bond donors (Lipinski definition) is 0. The number of anilines is 1. The zero-order chi connectivity index (χ0) is 10.7. The van der Waals surface area contributed by atoms with Crippen molar-refractivity contribution in [3.8, 4) is 11.5 Å². The van der Waals surface area contributed by atoms with Crippen LogP contribution in [0.25, 0.3) is 0 Å². The van der Waals surface area contributed by atoms with Gasteiger partial charge in [0.2, 0.25) is 0 Å². The van der Waals surface area contributed by atoms with Crippen LogP contribution in [0.3, 0.4) is 0 Å². The maximum Gasteiger partial charge on any atom is 0.163 e. The number of ether oxygens (including phenoxy) is 2. The fourth-order valence-corrected chi connectivity index (χ4v) is 1.82. The molecule has 0 N–H and O–H groups in total. The first kappa shape index (κ1) is 10.4. The van der Waals surface area contributed by atoms with Crippen LogP contribution in [0.5, 0.6) is 11.5 Å². The van der Waals surface area contributed by atoms with Crippen molar-refractivity contribution in [1.29, 1.82) is 0 Å². The fourth-order valence-electron chi connectivity index (χ4n) is 1.33. The summed E-state index contributed by atoms with van der Waals surface area (Å²) in [4.78, 5) is 0. The van der Waals surface area contributed by atoms with E-state index in [1.165, 1.54) is 0 Å². The maximum absolute atomic E-state index is 5.47. The van der Waals surface area contributed by atoms with Crippen molar-refractivity contribution in [3.63, 3.8) is 0 Å². The molecule has 1 aliphatic heterocycles. The Morgan fingerprint density at radius 1 is 1.33 bits per heavy atom. The molecule has 0 amide bonds. The van der Waals surface area contributed by atoms with Crippen molar-refractivity contribution in [2.24, 2.45) is 4.47 Å². The van der Waals surface area contributed by atoms with E-state index in [9.17, 15) is 0 Å². The summed E-state index contributed by atoms with van der Waals surface area (Å²) in [6.07, 6.45) is 0. The molecule has 4 nitrogen and oxygen atoms in total. The molecule has 15 heavy (non-hydrogen) atoms. The van der Waals surface area contributed by atoms with E-state index in [1.807, 2.05) is 25.2 Å². The molecule has 0 aliphatic carbocycles. The van der Waals surface area contributed by atoms with E-state index < -0.39 is 0 Å². The first-order valence-corrected chi connectivity index (χ1v) is 6.14. The van der Waals surface area contributed by atoms with Gasteiger partial charge in [-0.3, -0.25) is 5.01 Å². The third-order valence-corrected chi connectivity index (χ3v) is 2.57. The van der Waals surface area contributed by atoms with Gasteiger partial charge in [0.1, 0.15) is 13.2 Å². The Kier molecular flexibility index (Phi) is 3.17. The Hall–Kier alpha value is -1.14. The molecule has 0 bridgehead atoms. The van der Waals surface area contributed by atoms with Gasteiger partial charge in [0.25, 0.3) is 0 Å². The number of rotatable bonds is 2. The highest BCUT2D eigenvalue weighted by atomic mass is 32.8. The maximum atomic E-state index is 5.47. The van der Waals surface area contributed by atoms with E-state index in [0.717, 1.165) is 27.3 Å². The Bertz CT molecular complexity index is 419. The summed E-state index contributed by atoms with van der Waals surface area (Å²) in [5, 5.41) is 1.70. The van der Waals surface area contributed by atoms with Crippen molar-refractivity contribution in [1.82, 2.24) is 0 Å². The van der Waals surface area contributed by atoms with Gasteiger partial charge in [-0.25, -0.2) is 0 Å². The summed E-state index contributed by atoms with van der Waals surface area (Å²) in [7, 11) is 2.84. The van der Waals surface area contributed by atoms with Gasteiger partial charge < -0.3 is 9.47 Å². The minimum atomic E-state index is 0.590. The molecule has 1 heterocycles. The fraction of sp³-hybridized carbons (Fsp3) is 0.333. The Morgan fingerprint density at radius 3 is 2.80 bits per heavy atom. The van der Waals surface area contributed by atoms with E-state index in [4.69, 9.17) is 20.7 Å². The highest BCUT2D eigenvalue weighted by Crippen LogP contribution is 2.33. The summed E-state index contributed by atoms with van der Waals surface area (Å²) < 4.78 is 14.9. The summed E-state index contributed by atoms with van der Waals surface area (Å²) in [5.41, 5.74) is 0.927. The van der Waals surface area contributed by atoms with Gasteiger partial charge in [-0.1, -0.05) is 0 Å². The average molecular weight is 242 g/mol. The second-order valence-electron chi connectivity index (χ2n) is 3.01. The van der Waals surface area contributed by atoms with Crippen LogP contribution >= 0.6 is 0 Å². The topological polar surface area (TPSA) is 34.1 Å². The lowest BCUT2D eigenvalue weighted by Gasteiger charge is -2.20. The standard InChI is InChI=1S/C9H10N2O2S2/c1-11(10-15-14)7-2-3-8-9(6-7)13-5-4-12-8/h2-3,6H,4-5H2,1H3. The third kappa shape index (κ3) is 2.27. The molecule has 0 unspecified atom stereocenters. The molecule has 0 fully saturated rings. The van der Waals surface area contributed by atoms with Crippen LogP contribution in [0.15, 0.2) is 22.7 Å². The molecular formula is C9H10N2O2S2. The zero-order valence-electron chi connectivity index (χ0n) is 8.17. The Morgan fingerprint density at radius 2 is 2.07 bits per heavy atom. The minimum Gasteiger partial charge on any atom is -0.486 e. The van der Waals surface area contributed by atoms with E-state index >= 15 is 0 Å². The molecule has 1 aromatic carbocycles. The largest absolute Gasteiger partial charge is 0.486 e. The van der Waals surface area contributed by atoms with Crippen LogP contribution in [0, 0.1) is 0 Å². The molecular weight excluding hydrogens is 232 g/mol. The first-order chi connectivity index (χ1) is 7.31. The first-order valence-electron chi connectivity index (χ1n) is 4.44. The quantitative estimate of drug-likeness (QED) is 0.737. The molecule has 0 radical (unpaired) electrons. The molecule has 0 spiro atoms. The lowest BCUT2D eigenvalue weighted by molar-refractivity contribution is 0.171. The molecule has 0 saturated carbocycles. The van der Waals surface area contributed by atoms with Crippen LogP contribution < -0.4 is 14.5 Å². The zero-order valence-corrected chi connectivity index (χ0v) is 9.81. The van der Waals surface area contributed by atoms with Crippen LogP contribution in [0.2, 0.25) is 0 Å². The molecule has 80 valence electrons. The van der Waals surface area contributed by atoms with Crippen LogP contribution in [0.1, 0.15) is 0 Å². The van der Waals surface area contributed by atoms with Gasteiger partial charge in [-0.2, -0.15) is 0 Å². The number of nitrogens with zero attached hydrogens (tertiary/aromatic N) is 2.